The first kappa shape index (κ1) is 52.2. The van der Waals surface area contributed by atoms with Gasteiger partial charge in [-0.2, -0.15) is 0 Å². The quantitative estimate of drug-likeness (QED) is 0.0852. The maximum atomic E-state index is 13.9. The molecule has 0 radical (unpaired) electrons. The highest BCUT2D eigenvalue weighted by atomic mass is 16.6. The number of aliphatic hydroxyl groups excluding tert-OH is 1. The lowest BCUT2D eigenvalue weighted by Crippen LogP contribution is -2.39. The zero-order valence-electron chi connectivity index (χ0n) is 39.2. The van der Waals surface area contributed by atoms with Gasteiger partial charge in [-0.1, -0.05) is 52.8 Å². The van der Waals surface area contributed by atoms with Crippen LogP contribution >= 0.6 is 0 Å². The molecule has 3 aromatic rings. The maximum Gasteiger partial charge on any atom is 0.404 e. The molecule has 18 heteroatoms. The summed E-state index contributed by atoms with van der Waals surface area (Å²) in [7, 11) is 6.30. The molecule has 0 spiro atoms. The van der Waals surface area contributed by atoms with Gasteiger partial charge in [0.05, 0.1) is 24.7 Å². The van der Waals surface area contributed by atoms with E-state index in [1.807, 2.05) is 52.8 Å². The number of primary amides is 1. The van der Waals surface area contributed by atoms with Crippen LogP contribution in [0.3, 0.4) is 0 Å². The van der Waals surface area contributed by atoms with E-state index in [1.54, 1.807) is 40.5 Å². The summed E-state index contributed by atoms with van der Waals surface area (Å²) in [5, 5.41) is 11.4. The highest BCUT2D eigenvalue weighted by Gasteiger charge is 2.35. The first-order valence-electron chi connectivity index (χ1n) is 22.0. The van der Waals surface area contributed by atoms with Crippen molar-refractivity contribution in [1.82, 2.24) is 19.9 Å². The molecule has 11 atom stereocenters. The van der Waals surface area contributed by atoms with Crippen molar-refractivity contribution in [2.75, 3.05) is 28.4 Å². The second-order valence-corrected chi connectivity index (χ2v) is 17.2. The van der Waals surface area contributed by atoms with Gasteiger partial charge in [0.1, 0.15) is 42.8 Å². The Morgan fingerprint density at radius 2 is 1.68 bits per heavy atom. The third-order valence-electron chi connectivity index (χ3n) is 12.0. The Labute approximate surface area is 380 Å². The van der Waals surface area contributed by atoms with Crippen molar-refractivity contribution in [3.8, 4) is 23.2 Å². The van der Waals surface area contributed by atoms with Crippen molar-refractivity contribution >= 4 is 30.3 Å². The number of amides is 2. The summed E-state index contributed by atoms with van der Waals surface area (Å²) in [6, 6.07) is 0. The van der Waals surface area contributed by atoms with Gasteiger partial charge in [0.15, 0.2) is 17.2 Å². The van der Waals surface area contributed by atoms with Gasteiger partial charge in [-0.05, 0) is 62.0 Å². The van der Waals surface area contributed by atoms with E-state index in [9.17, 15) is 24.3 Å². The second-order valence-electron chi connectivity index (χ2n) is 17.2. The van der Waals surface area contributed by atoms with Crippen molar-refractivity contribution < 1.29 is 61.2 Å². The molecule has 0 fully saturated rings. The molecule has 4 rings (SSSR count). The number of fused-ring (bicyclic) bond motifs is 8. The van der Waals surface area contributed by atoms with Crippen LogP contribution < -0.4 is 5.73 Å². The summed E-state index contributed by atoms with van der Waals surface area (Å²) in [5.74, 6) is -1.30. The number of cyclic esters (lactones) is 1. The van der Waals surface area contributed by atoms with E-state index < -0.39 is 60.5 Å². The van der Waals surface area contributed by atoms with Crippen molar-refractivity contribution in [3.63, 3.8) is 0 Å². The molecular weight excluding hydrogens is 843 g/mol. The van der Waals surface area contributed by atoms with Crippen LogP contribution in [-0.4, -0.2) is 108 Å². The Morgan fingerprint density at radius 3 is 2.35 bits per heavy atom. The summed E-state index contributed by atoms with van der Waals surface area (Å²) >= 11 is 0. The average molecular weight is 910 g/mol. The maximum absolute atomic E-state index is 13.9. The van der Waals surface area contributed by atoms with Crippen molar-refractivity contribution in [3.05, 3.63) is 60.4 Å². The Bertz CT molecular complexity index is 2070. The summed E-state index contributed by atoms with van der Waals surface area (Å²) in [5.41, 5.74) is 7.19. The number of methoxy groups -OCH3 is 3. The zero-order chi connectivity index (χ0) is 47.8. The SMILES string of the molecule is COC(CC1OC(=O)CC(OC(N)=O)CC(C)CC(O)C(C)C(OC)c2coc(n2)-c2coc(n2)-c2coc(n2)C=CCC(OC)C1C)C(C)CCC(=O)C(C)=CC(C)C=CN(C)C=O. The van der Waals surface area contributed by atoms with Crippen LogP contribution in [0.1, 0.15) is 104 Å². The molecule has 0 aromatic carbocycles. The summed E-state index contributed by atoms with van der Waals surface area (Å²) in [6.07, 6.45) is 10.2. The number of aliphatic hydroxyl groups is 1. The fraction of sp³-hybridized carbons (Fsp3) is 0.596. The molecule has 18 nitrogen and oxygen atoms in total. The monoisotopic (exact) mass is 909 g/mol. The molecule has 358 valence electrons. The lowest BCUT2D eigenvalue weighted by atomic mass is 9.86. The fourth-order valence-corrected chi connectivity index (χ4v) is 8.02. The minimum atomic E-state index is -1.05. The molecule has 3 aromatic heterocycles. The third-order valence-corrected chi connectivity index (χ3v) is 12.0. The number of nitrogens with two attached hydrogens (primary N) is 1. The number of carbonyl (C=O) groups is 4. The predicted molar refractivity (Wildman–Crippen MR) is 238 cm³/mol. The Balaban J connectivity index is 1.61. The predicted octanol–water partition coefficient (Wildman–Crippen LogP) is 7.49. The lowest BCUT2D eigenvalue weighted by Gasteiger charge is -2.34. The minimum Gasteiger partial charge on any atom is -0.462 e. The number of aromatic nitrogens is 3. The topological polar surface area (TPSA) is 242 Å². The van der Waals surface area contributed by atoms with Crippen LogP contribution in [0.15, 0.2) is 62.0 Å². The lowest BCUT2D eigenvalue weighted by molar-refractivity contribution is -0.160. The third kappa shape index (κ3) is 15.6. The summed E-state index contributed by atoms with van der Waals surface area (Å²) in [6.45, 7) is 11.3. The van der Waals surface area contributed by atoms with Crippen LogP contribution in [0.25, 0.3) is 29.2 Å². The van der Waals surface area contributed by atoms with Gasteiger partial charge in [0.25, 0.3) is 0 Å². The van der Waals surface area contributed by atoms with Gasteiger partial charge in [0, 0.05) is 59.3 Å². The van der Waals surface area contributed by atoms with Crippen LogP contribution in [0, 0.1) is 29.6 Å². The number of nitrogens with zero attached hydrogens (tertiary/aromatic N) is 4. The molecule has 1 aliphatic heterocycles. The van der Waals surface area contributed by atoms with E-state index >= 15 is 0 Å². The number of hydrogen-bond acceptors (Lipinski definition) is 16. The van der Waals surface area contributed by atoms with E-state index in [2.05, 4.69) is 15.0 Å². The fourth-order valence-electron chi connectivity index (χ4n) is 8.02. The summed E-state index contributed by atoms with van der Waals surface area (Å²) in [4.78, 5) is 65.2. The number of ether oxygens (including phenoxy) is 5. The standard InChI is InChI=1S/C47H67N5O13/c1-27(16-17-52(7)26-53)18-30(4)37(54)15-14-29(3)40(59-9)22-41-32(6)39(58-8)12-11-13-42-49-35(24-61-42)45-51-36(25-63-45)46-50-34(23-62-46)44(60-10)31(5)38(55)20-28(2)19-33(64-47(48)57)21-43(56)65-41/h11,13,16-18,23-29,31-33,38-41,44,55H,12,14-15,19-22H2,1-10H3,(H2,48,57). The molecule has 0 saturated carbocycles. The van der Waals surface area contributed by atoms with Crippen LogP contribution in [0.5, 0.6) is 0 Å². The number of oxazole rings is 3. The normalized spacial score (nSPS) is 25.5. The van der Waals surface area contributed by atoms with E-state index in [4.69, 9.17) is 42.7 Å². The number of rotatable bonds is 15. The Kier molecular flexibility index (Phi) is 20.3. The number of Topliss-reactive ketones (excluding diaryl/α,β-unsaturated/α-hetero) is 1. The second kappa shape index (κ2) is 25.3. The van der Waals surface area contributed by atoms with Crippen LogP contribution in [-0.2, 0) is 38.1 Å². The van der Waals surface area contributed by atoms with Gasteiger partial charge in [-0.25, -0.2) is 19.7 Å². The van der Waals surface area contributed by atoms with Crippen molar-refractivity contribution in [2.24, 2.45) is 35.3 Å². The average Bonchev–Trinajstić information content (AvgIpc) is 4.06. The highest BCUT2D eigenvalue weighted by Crippen LogP contribution is 2.34. The highest BCUT2D eigenvalue weighted by molar-refractivity contribution is 5.94. The van der Waals surface area contributed by atoms with E-state index in [0.717, 1.165) is 0 Å². The first-order valence-corrected chi connectivity index (χ1v) is 22.0. The van der Waals surface area contributed by atoms with E-state index in [-0.39, 0.29) is 73.3 Å². The number of allylic oxidation sites excluding steroid dienone is 3. The van der Waals surface area contributed by atoms with Gasteiger partial charge in [-0.15, -0.1) is 0 Å². The number of esters is 1. The molecule has 11 unspecified atom stereocenters. The minimum absolute atomic E-state index is 0.0101. The van der Waals surface area contributed by atoms with Gasteiger partial charge in [0.2, 0.25) is 24.1 Å². The molecule has 3 N–H and O–H groups in total. The summed E-state index contributed by atoms with van der Waals surface area (Å²) < 4.78 is 46.6. The molecule has 1 aliphatic rings. The molecule has 0 aliphatic carbocycles. The molecule has 4 heterocycles. The Hall–Kier alpha value is -5.43. The number of hydrogen-bond donors (Lipinski definition) is 2. The smallest absolute Gasteiger partial charge is 0.404 e. The van der Waals surface area contributed by atoms with Crippen molar-refractivity contribution in [2.45, 2.75) is 123 Å². The van der Waals surface area contributed by atoms with E-state index in [1.165, 1.54) is 30.8 Å². The van der Waals surface area contributed by atoms with Crippen LogP contribution in [0.2, 0.25) is 0 Å². The van der Waals surface area contributed by atoms with E-state index in [0.29, 0.717) is 41.9 Å². The number of carbonyl (C=O) groups excluding carboxylic acids is 4. The molecule has 65 heavy (non-hydrogen) atoms. The van der Waals surface area contributed by atoms with Gasteiger partial charge >= 0.3 is 12.1 Å². The van der Waals surface area contributed by atoms with Crippen molar-refractivity contribution in [1.29, 1.82) is 0 Å². The van der Waals surface area contributed by atoms with Gasteiger partial charge in [-0.3, -0.25) is 14.4 Å². The molecule has 6 bridgehead atoms. The largest absolute Gasteiger partial charge is 0.462 e. The zero-order valence-corrected chi connectivity index (χ0v) is 39.2. The molecule has 2 amide bonds. The van der Waals surface area contributed by atoms with Crippen LogP contribution in [0.4, 0.5) is 4.79 Å². The van der Waals surface area contributed by atoms with Gasteiger partial charge < -0.3 is 52.7 Å². The number of ketones is 1. The Morgan fingerprint density at radius 1 is 0.985 bits per heavy atom. The first-order chi connectivity index (χ1) is 31.0. The molecular formula is C47H67N5O13. The molecule has 0 saturated heterocycles.